The molecule has 0 heterocycles. The number of Topliss-reactive ketones (excluding diaryl/α,β-unsaturated/α-hetero) is 1. The number of ketones is 1. The molecular weight excluding hydrogens is 260 g/mol. The average Bonchev–Trinajstić information content (AvgIpc) is 2.75. The van der Waals surface area contributed by atoms with Crippen molar-refractivity contribution in [2.24, 2.45) is 5.41 Å². The van der Waals surface area contributed by atoms with Crippen LogP contribution in [0, 0.1) is 5.41 Å². The van der Waals surface area contributed by atoms with Crippen molar-refractivity contribution in [3.05, 3.63) is 33.9 Å². The van der Waals surface area contributed by atoms with Crippen LogP contribution < -0.4 is 0 Å². The number of benzene rings is 1. The highest BCUT2D eigenvalue weighted by Gasteiger charge is 2.45. The summed E-state index contributed by atoms with van der Waals surface area (Å²) in [5, 5.41) is 10.2. The average molecular weight is 277 g/mol. The van der Waals surface area contributed by atoms with Gasteiger partial charge in [-0.2, -0.15) is 0 Å². The van der Waals surface area contributed by atoms with Gasteiger partial charge in [-0.15, -0.1) is 0 Å². The molecule has 1 aromatic carbocycles. The molecule has 0 bridgehead atoms. The Labute approximate surface area is 118 Å². The van der Waals surface area contributed by atoms with Gasteiger partial charge in [-0.25, -0.2) is 0 Å². The molecule has 0 fully saturated rings. The van der Waals surface area contributed by atoms with Crippen molar-refractivity contribution in [1.29, 1.82) is 0 Å². The van der Waals surface area contributed by atoms with E-state index in [-0.39, 0.29) is 16.9 Å². The molecule has 0 saturated heterocycles. The van der Waals surface area contributed by atoms with Crippen LogP contribution in [0.15, 0.2) is 17.7 Å². The molecule has 1 N–H and O–H groups in total. The van der Waals surface area contributed by atoms with Crippen molar-refractivity contribution < 1.29 is 9.90 Å². The maximum atomic E-state index is 12.0. The monoisotopic (exact) mass is 276 g/mol. The molecule has 0 radical (unpaired) electrons. The molecule has 2 aliphatic rings. The van der Waals surface area contributed by atoms with Crippen LogP contribution in [0.5, 0.6) is 5.75 Å². The first-order valence-electron chi connectivity index (χ1n) is 6.75. The lowest BCUT2D eigenvalue weighted by Gasteiger charge is -2.34. The summed E-state index contributed by atoms with van der Waals surface area (Å²) in [7, 11) is 0. The van der Waals surface area contributed by atoms with Gasteiger partial charge in [-0.05, 0) is 54.5 Å². The summed E-state index contributed by atoms with van der Waals surface area (Å²) < 4.78 is 0. The second-order valence-electron chi connectivity index (χ2n) is 5.66. The zero-order chi connectivity index (χ0) is 13.8. The van der Waals surface area contributed by atoms with E-state index in [0.717, 1.165) is 36.0 Å². The summed E-state index contributed by atoms with van der Waals surface area (Å²) in [4.78, 5) is 12.0. The molecule has 19 heavy (non-hydrogen) atoms. The molecule has 1 aromatic rings. The third-order valence-electron chi connectivity index (χ3n) is 4.84. The molecule has 100 valence electrons. The Hall–Kier alpha value is -1.28. The van der Waals surface area contributed by atoms with Crippen LogP contribution >= 0.6 is 11.6 Å². The Morgan fingerprint density at radius 1 is 1.42 bits per heavy atom. The van der Waals surface area contributed by atoms with Crippen molar-refractivity contribution in [3.8, 4) is 5.75 Å². The minimum atomic E-state index is 0.0394. The first kappa shape index (κ1) is 12.7. The Balaban J connectivity index is 2.31. The third kappa shape index (κ3) is 1.59. The van der Waals surface area contributed by atoms with Crippen LogP contribution in [0.1, 0.15) is 44.2 Å². The fourth-order valence-corrected chi connectivity index (χ4v) is 3.93. The number of allylic oxidation sites excluding steroid dienone is 2. The van der Waals surface area contributed by atoms with E-state index in [1.165, 1.54) is 5.57 Å². The van der Waals surface area contributed by atoms with E-state index in [4.69, 9.17) is 11.6 Å². The van der Waals surface area contributed by atoms with E-state index >= 15 is 0 Å². The number of phenolic OH excluding ortho intramolecular Hbond substituents is 1. The highest BCUT2D eigenvalue weighted by molar-refractivity contribution is 6.33. The van der Waals surface area contributed by atoms with Crippen molar-refractivity contribution in [3.63, 3.8) is 0 Å². The first-order valence-corrected chi connectivity index (χ1v) is 7.13. The van der Waals surface area contributed by atoms with Gasteiger partial charge in [0.25, 0.3) is 0 Å². The molecule has 0 saturated carbocycles. The predicted molar refractivity (Wildman–Crippen MR) is 76.4 cm³/mol. The molecule has 2 aliphatic carbocycles. The van der Waals surface area contributed by atoms with Gasteiger partial charge < -0.3 is 5.11 Å². The fourth-order valence-electron chi connectivity index (χ4n) is 3.70. The van der Waals surface area contributed by atoms with Gasteiger partial charge in [0, 0.05) is 11.8 Å². The highest BCUT2D eigenvalue weighted by atomic mass is 35.5. The van der Waals surface area contributed by atoms with Gasteiger partial charge in [-0.1, -0.05) is 24.6 Å². The topological polar surface area (TPSA) is 37.3 Å². The van der Waals surface area contributed by atoms with Gasteiger partial charge in [0.1, 0.15) is 5.75 Å². The highest BCUT2D eigenvalue weighted by Crippen LogP contribution is 2.57. The molecule has 1 unspecified atom stereocenters. The maximum Gasteiger partial charge on any atom is 0.158 e. The van der Waals surface area contributed by atoms with Gasteiger partial charge in [-0.3, -0.25) is 4.79 Å². The molecule has 0 spiro atoms. The Kier molecular flexibility index (Phi) is 2.75. The van der Waals surface area contributed by atoms with Crippen LogP contribution in [0.25, 0.3) is 5.57 Å². The van der Waals surface area contributed by atoms with E-state index in [0.29, 0.717) is 11.4 Å². The second-order valence-corrected chi connectivity index (χ2v) is 6.04. The Morgan fingerprint density at radius 3 is 2.84 bits per heavy atom. The number of rotatable bonds is 1. The summed E-state index contributed by atoms with van der Waals surface area (Å²) in [6.45, 7) is 4.10. The quantitative estimate of drug-likeness (QED) is 0.837. The van der Waals surface area contributed by atoms with Crippen molar-refractivity contribution in [2.45, 2.75) is 39.5 Å². The van der Waals surface area contributed by atoms with Crippen LogP contribution in [0.4, 0.5) is 0 Å². The number of fused-ring (bicyclic) bond motifs is 3. The molecule has 1 atom stereocenters. The van der Waals surface area contributed by atoms with Gasteiger partial charge in [0.2, 0.25) is 0 Å². The van der Waals surface area contributed by atoms with Crippen molar-refractivity contribution in [1.82, 2.24) is 0 Å². The van der Waals surface area contributed by atoms with Crippen LogP contribution in [-0.4, -0.2) is 10.9 Å². The lowest BCUT2D eigenvalue weighted by molar-refractivity contribution is -0.116. The number of hydrogen-bond donors (Lipinski definition) is 1. The third-order valence-corrected chi connectivity index (χ3v) is 5.26. The van der Waals surface area contributed by atoms with E-state index in [2.05, 4.69) is 6.92 Å². The molecule has 3 heteroatoms. The number of halogens is 1. The second kappa shape index (κ2) is 4.11. The number of phenols is 1. The first-order chi connectivity index (χ1) is 9.00. The molecule has 0 amide bonds. The van der Waals surface area contributed by atoms with Gasteiger partial charge >= 0.3 is 0 Å². The number of carbonyl (C=O) groups excluding carboxylic acids is 1. The lowest BCUT2D eigenvalue weighted by Crippen LogP contribution is -2.27. The van der Waals surface area contributed by atoms with E-state index < -0.39 is 0 Å². The minimum Gasteiger partial charge on any atom is -0.506 e. The summed E-state index contributed by atoms with van der Waals surface area (Å²) in [6, 6.07) is 3.54. The standard InChI is InChI=1S/C16H17ClO2/c1-3-16-7-6-12(18)9(2)14(16)10-4-5-13(19)15(17)11(10)8-16/h4-5,19H,3,6-8H2,1-2H3. The maximum absolute atomic E-state index is 12.0. The number of hydrogen-bond acceptors (Lipinski definition) is 2. The zero-order valence-corrected chi connectivity index (χ0v) is 12.0. The predicted octanol–water partition coefficient (Wildman–Crippen LogP) is 4.13. The van der Waals surface area contributed by atoms with E-state index in [9.17, 15) is 9.90 Å². The molecule has 3 rings (SSSR count). The Morgan fingerprint density at radius 2 is 2.16 bits per heavy atom. The summed E-state index contributed by atoms with van der Waals surface area (Å²) in [5.41, 5.74) is 4.16. The summed E-state index contributed by atoms with van der Waals surface area (Å²) in [6.07, 6.45) is 3.35. The Bertz CT molecular complexity index is 615. The van der Waals surface area contributed by atoms with Crippen molar-refractivity contribution >= 4 is 23.0 Å². The largest absolute Gasteiger partial charge is 0.506 e. The summed E-state index contributed by atoms with van der Waals surface area (Å²) in [5.74, 6) is 0.381. The fraction of sp³-hybridized carbons (Fsp3) is 0.438. The molecular formula is C16H17ClO2. The number of aromatic hydroxyl groups is 1. The molecule has 0 aromatic heterocycles. The summed E-state index contributed by atoms with van der Waals surface area (Å²) >= 11 is 6.25. The number of carbonyl (C=O) groups is 1. The zero-order valence-electron chi connectivity index (χ0n) is 11.2. The van der Waals surface area contributed by atoms with Crippen LogP contribution in [0.2, 0.25) is 5.02 Å². The SMILES string of the molecule is CCC12CCC(=O)C(C)=C1c1ccc(O)c(Cl)c1C2. The smallest absolute Gasteiger partial charge is 0.158 e. The van der Waals surface area contributed by atoms with Gasteiger partial charge in [0.15, 0.2) is 5.78 Å². The van der Waals surface area contributed by atoms with Crippen LogP contribution in [-0.2, 0) is 11.2 Å². The van der Waals surface area contributed by atoms with Crippen molar-refractivity contribution in [2.75, 3.05) is 0 Å². The van der Waals surface area contributed by atoms with Crippen LogP contribution in [0.3, 0.4) is 0 Å². The lowest BCUT2D eigenvalue weighted by atomic mass is 9.68. The normalized spacial score (nSPS) is 25.5. The molecule has 2 nitrogen and oxygen atoms in total. The van der Waals surface area contributed by atoms with E-state index in [1.54, 1.807) is 6.07 Å². The minimum absolute atomic E-state index is 0.0394. The van der Waals surface area contributed by atoms with E-state index in [1.807, 2.05) is 13.0 Å². The van der Waals surface area contributed by atoms with Gasteiger partial charge in [0.05, 0.1) is 5.02 Å². The molecule has 0 aliphatic heterocycles.